The van der Waals surface area contributed by atoms with Crippen LogP contribution >= 0.6 is 0 Å². The van der Waals surface area contributed by atoms with E-state index >= 15 is 0 Å². The molecule has 0 radical (unpaired) electrons. The monoisotopic (exact) mass is 402 g/mol. The summed E-state index contributed by atoms with van der Waals surface area (Å²) in [5.74, 6) is -0.292. The van der Waals surface area contributed by atoms with Crippen molar-refractivity contribution in [2.24, 2.45) is 0 Å². The number of H-pyrrole nitrogens is 1. The molecular formula is C21H30N4O4. The molecule has 0 bridgehead atoms. The fraction of sp³-hybridized carbons (Fsp3) is 0.476. The summed E-state index contributed by atoms with van der Waals surface area (Å²) in [7, 11) is 1.52. The number of unbranched alkanes of at least 4 members (excludes halogenated alkanes) is 1. The van der Waals surface area contributed by atoms with Gasteiger partial charge in [-0.1, -0.05) is 31.5 Å². The van der Waals surface area contributed by atoms with Crippen molar-refractivity contribution in [3.05, 3.63) is 55.7 Å². The summed E-state index contributed by atoms with van der Waals surface area (Å²) in [6, 6.07) is 5.81. The predicted octanol–water partition coefficient (Wildman–Crippen LogP) is 1.76. The van der Waals surface area contributed by atoms with Crippen LogP contribution in [0, 0.1) is 13.8 Å². The number of amides is 1. The van der Waals surface area contributed by atoms with Gasteiger partial charge >= 0.3 is 5.69 Å². The Labute approximate surface area is 170 Å². The predicted molar refractivity (Wildman–Crippen MR) is 114 cm³/mol. The quantitative estimate of drug-likeness (QED) is 0.664. The Bertz CT molecular complexity index is 978. The minimum Gasteiger partial charge on any atom is -0.383 e. The summed E-state index contributed by atoms with van der Waals surface area (Å²) >= 11 is 0. The molecule has 0 fully saturated rings. The smallest absolute Gasteiger partial charge is 0.330 e. The highest BCUT2D eigenvalue weighted by Crippen LogP contribution is 2.19. The summed E-state index contributed by atoms with van der Waals surface area (Å²) in [5, 5.41) is 0. The second-order valence-electron chi connectivity index (χ2n) is 7.13. The van der Waals surface area contributed by atoms with Crippen molar-refractivity contribution in [2.75, 3.05) is 30.9 Å². The highest BCUT2D eigenvalue weighted by atomic mass is 16.5. The number of carbonyl (C=O) groups excluding carboxylic acids is 1. The molecule has 0 aliphatic rings. The molecular weight excluding hydrogens is 372 g/mol. The minimum absolute atomic E-state index is 0.00302. The molecule has 2 rings (SSSR count). The van der Waals surface area contributed by atoms with Gasteiger partial charge < -0.3 is 15.4 Å². The number of aromatic nitrogens is 2. The Morgan fingerprint density at radius 3 is 2.59 bits per heavy atom. The SMILES string of the molecule is CCCCn1c(N)c(N(CCOC)C(=O)Cc2ccc(C)c(C)c2)c(=O)[nH]c1=O. The van der Waals surface area contributed by atoms with Crippen LogP contribution in [0.5, 0.6) is 0 Å². The normalized spacial score (nSPS) is 10.9. The van der Waals surface area contributed by atoms with Gasteiger partial charge in [-0.2, -0.15) is 0 Å². The molecule has 1 aromatic heterocycles. The maximum Gasteiger partial charge on any atom is 0.330 e. The first-order valence-electron chi connectivity index (χ1n) is 9.78. The molecule has 0 atom stereocenters. The number of methoxy groups -OCH3 is 1. The van der Waals surface area contributed by atoms with Crippen molar-refractivity contribution in [1.82, 2.24) is 9.55 Å². The van der Waals surface area contributed by atoms with Gasteiger partial charge in [0.25, 0.3) is 5.56 Å². The van der Waals surface area contributed by atoms with Crippen LogP contribution in [0.25, 0.3) is 0 Å². The van der Waals surface area contributed by atoms with Crippen LogP contribution in [0.4, 0.5) is 11.5 Å². The van der Waals surface area contributed by atoms with Gasteiger partial charge in [0.05, 0.1) is 13.0 Å². The van der Waals surface area contributed by atoms with Crippen LogP contribution < -0.4 is 21.9 Å². The lowest BCUT2D eigenvalue weighted by Crippen LogP contribution is -2.43. The number of nitrogens with two attached hydrogens (primary N) is 1. The largest absolute Gasteiger partial charge is 0.383 e. The van der Waals surface area contributed by atoms with Gasteiger partial charge in [0.15, 0.2) is 5.69 Å². The number of hydrogen-bond acceptors (Lipinski definition) is 5. The summed E-state index contributed by atoms with van der Waals surface area (Å²) < 4.78 is 6.42. The lowest BCUT2D eigenvalue weighted by molar-refractivity contribution is -0.118. The second kappa shape index (κ2) is 10.1. The molecule has 2 aromatic rings. The molecule has 0 saturated heterocycles. The standard InChI is InChI=1S/C21H30N4O4/c1-5-6-9-25-19(22)18(20(27)23-21(25)28)24(10-11-29-4)17(26)13-16-8-7-14(2)15(3)12-16/h7-8,12H,5-6,9-11,13,22H2,1-4H3,(H,23,27,28). The Morgan fingerprint density at radius 2 is 1.97 bits per heavy atom. The van der Waals surface area contributed by atoms with Crippen molar-refractivity contribution in [3.8, 4) is 0 Å². The van der Waals surface area contributed by atoms with Crippen LogP contribution in [0.1, 0.15) is 36.5 Å². The maximum absolute atomic E-state index is 13.1. The van der Waals surface area contributed by atoms with Gasteiger partial charge in [-0.3, -0.25) is 19.1 Å². The molecule has 0 aliphatic heterocycles. The Hall–Kier alpha value is -2.87. The van der Waals surface area contributed by atoms with E-state index in [1.165, 1.54) is 16.6 Å². The van der Waals surface area contributed by atoms with E-state index in [1.54, 1.807) is 0 Å². The van der Waals surface area contributed by atoms with Crippen LogP contribution in [0.15, 0.2) is 27.8 Å². The Morgan fingerprint density at radius 1 is 1.24 bits per heavy atom. The van der Waals surface area contributed by atoms with E-state index in [9.17, 15) is 14.4 Å². The number of anilines is 2. The van der Waals surface area contributed by atoms with Crippen LogP contribution in [0.2, 0.25) is 0 Å². The molecule has 1 aromatic carbocycles. The van der Waals surface area contributed by atoms with Crippen molar-refractivity contribution in [3.63, 3.8) is 0 Å². The first-order valence-corrected chi connectivity index (χ1v) is 9.78. The average Bonchev–Trinajstić information content (AvgIpc) is 2.66. The lowest BCUT2D eigenvalue weighted by Gasteiger charge is -2.24. The van der Waals surface area contributed by atoms with Crippen LogP contribution in [-0.2, 0) is 22.5 Å². The molecule has 0 spiro atoms. The molecule has 1 heterocycles. The number of aryl methyl sites for hydroxylation is 2. The summed E-state index contributed by atoms with van der Waals surface area (Å²) in [5.41, 5.74) is 8.00. The van der Waals surface area contributed by atoms with E-state index in [4.69, 9.17) is 10.5 Å². The lowest BCUT2D eigenvalue weighted by atomic mass is 10.0. The highest BCUT2D eigenvalue weighted by Gasteiger charge is 2.24. The summed E-state index contributed by atoms with van der Waals surface area (Å²) in [6.45, 7) is 6.73. The first kappa shape index (κ1) is 22.4. The van der Waals surface area contributed by atoms with Gasteiger partial charge in [-0.25, -0.2) is 4.79 Å². The third kappa shape index (κ3) is 5.35. The fourth-order valence-corrected chi connectivity index (χ4v) is 3.10. The van der Waals surface area contributed by atoms with Gasteiger partial charge in [0, 0.05) is 20.2 Å². The molecule has 1 amide bonds. The molecule has 8 nitrogen and oxygen atoms in total. The van der Waals surface area contributed by atoms with Crippen LogP contribution in [-0.4, -0.2) is 35.7 Å². The zero-order valence-corrected chi connectivity index (χ0v) is 17.6. The number of benzene rings is 1. The van der Waals surface area contributed by atoms with Crippen molar-refractivity contribution in [2.45, 2.75) is 46.6 Å². The molecule has 3 N–H and O–H groups in total. The minimum atomic E-state index is -0.676. The zero-order valence-electron chi connectivity index (χ0n) is 17.6. The van der Waals surface area contributed by atoms with E-state index < -0.39 is 11.2 Å². The number of nitrogen functional groups attached to an aromatic ring is 1. The van der Waals surface area contributed by atoms with Gasteiger partial charge in [-0.15, -0.1) is 0 Å². The molecule has 0 aliphatic carbocycles. The van der Waals surface area contributed by atoms with E-state index in [-0.39, 0.29) is 37.0 Å². The molecule has 158 valence electrons. The Kier molecular flexibility index (Phi) is 7.78. The third-order valence-electron chi connectivity index (χ3n) is 4.97. The highest BCUT2D eigenvalue weighted by molar-refractivity contribution is 5.96. The van der Waals surface area contributed by atoms with E-state index in [0.29, 0.717) is 6.54 Å². The summed E-state index contributed by atoms with van der Waals surface area (Å²) in [4.78, 5) is 41.5. The number of ether oxygens (including phenoxy) is 1. The number of hydrogen-bond donors (Lipinski definition) is 2. The molecule has 8 heteroatoms. The number of nitrogens with zero attached hydrogens (tertiary/aromatic N) is 2. The van der Waals surface area contributed by atoms with Gasteiger partial charge in [0.1, 0.15) is 5.82 Å². The van der Waals surface area contributed by atoms with Crippen molar-refractivity contribution in [1.29, 1.82) is 0 Å². The second-order valence-corrected chi connectivity index (χ2v) is 7.13. The van der Waals surface area contributed by atoms with Crippen molar-refractivity contribution >= 4 is 17.4 Å². The third-order valence-corrected chi connectivity index (χ3v) is 4.97. The summed E-state index contributed by atoms with van der Waals surface area (Å²) in [6.07, 6.45) is 1.70. The number of carbonyl (C=O) groups is 1. The molecule has 0 saturated carbocycles. The van der Waals surface area contributed by atoms with Crippen LogP contribution in [0.3, 0.4) is 0 Å². The zero-order chi connectivity index (χ0) is 21.6. The Balaban J connectivity index is 2.45. The van der Waals surface area contributed by atoms with Gasteiger partial charge in [-0.05, 0) is 37.0 Å². The number of rotatable bonds is 9. The topological polar surface area (TPSA) is 110 Å². The van der Waals surface area contributed by atoms with Gasteiger partial charge in [0.2, 0.25) is 5.91 Å². The molecule has 29 heavy (non-hydrogen) atoms. The fourth-order valence-electron chi connectivity index (χ4n) is 3.10. The average molecular weight is 402 g/mol. The number of aromatic amines is 1. The molecule has 0 unspecified atom stereocenters. The number of nitrogens with one attached hydrogen (secondary N) is 1. The van der Waals surface area contributed by atoms with E-state index in [0.717, 1.165) is 29.5 Å². The van der Waals surface area contributed by atoms with E-state index in [1.807, 2.05) is 39.0 Å². The van der Waals surface area contributed by atoms with Crippen molar-refractivity contribution < 1.29 is 9.53 Å². The first-order chi connectivity index (χ1) is 13.8. The van der Waals surface area contributed by atoms with E-state index in [2.05, 4.69) is 4.98 Å². The maximum atomic E-state index is 13.1.